The molecule has 0 aromatic carbocycles. The second-order valence-electron chi connectivity index (χ2n) is 5.65. The van der Waals surface area contributed by atoms with Crippen molar-refractivity contribution in [1.29, 1.82) is 0 Å². The zero-order chi connectivity index (χ0) is 14.9. The standard InChI is InChI=1S/C13H22N4O3S/c18-13(12-4-3-5-14-12)15-8-10-17(11-9-15)21(19,20)16-6-1-2-7-16/h3-4,12,14H,1-2,5-11H2/t12-/m0/s1. The van der Waals surface area contributed by atoms with Gasteiger partial charge >= 0.3 is 0 Å². The lowest BCUT2D eigenvalue weighted by atomic mass is 10.2. The van der Waals surface area contributed by atoms with Gasteiger partial charge in [0.15, 0.2) is 0 Å². The van der Waals surface area contributed by atoms with E-state index in [1.165, 1.54) is 4.31 Å². The SMILES string of the molecule is O=C([C@@H]1C=CCN1)N1CCN(S(=O)(=O)N2CCCC2)CC1. The van der Waals surface area contributed by atoms with Crippen molar-refractivity contribution in [2.75, 3.05) is 45.8 Å². The van der Waals surface area contributed by atoms with Gasteiger partial charge in [-0.25, -0.2) is 0 Å². The van der Waals surface area contributed by atoms with E-state index in [2.05, 4.69) is 5.32 Å². The first-order chi connectivity index (χ1) is 10.1. The molecule has 1 amide bonds. The first kappa shape index (κ1) is 15.0. The van der Waals surface area contributed by atoms with Crippen LogP contribution in [0.4, 0.5) is 0 Å². The van der Waals surface area contributed by atoms with E-state index in [0.717, 1.165) is 19.4 Å². The molecule has 3 rings (SSSR count). The minimum absolute atomic E-state index is 0.0435. The summed E-state index contributed by atoms with van der Waals surface area (Å²) in [6, 6.07) is -0.244. The summed E-state index contributed by atoms with van der Waals surface area (Å²) in [5.74, 6) is 0.0435. The van der Waals surface area contributed by atoms with E-state index in [9.17, 15) is 13.2 Å². The number of carbonyl (C=O) groups is 1. The number of hydrogen-bond donors (Lipinski definition) is 1. The highest BCUT2D eigenvalue weighted by molar-refractivity contribution is 7.86. The number of nitrogens with one attached hydrogen (secondary N) is 1. The predicted molar refractivity (Wildman–Crippen MR) is 78.8 cm³/mol. The molecule has 0 aromatic heterocycles. The van der Waals surface area contributed by atoms with E-state index in [0.29, 0.717) is 39.3 Å². The van der Waals surface area contributed by atoms with Gasteiger partial charge in [0.2, 0.25) is 5.91 Å². The molecular weight excluding hydrogens is 292 g/mol. The minimum Gasteiger partial charge on any atom is -0.338 e. The van der Waals surface area contributed by atoms with E-state index in [1.54, 1.807) is 9.21 Å². The van der Waals surface area contributed by atoms with E-state index in [-0.39, 0.29) is 11.9 Å². The third-order valence-electron chi connectivity index (χ3n) is 4.32. The van der Waals surface area contributed by atoms with Crippen LogP contribution in [0.5, 0.6) is 0 Å². The van der Waals surface area contributed by atoms with E-state index >= 15 is 0 Å². The van der Waals surface area contributed by atoms with Crippen molar-refractivity contribution in [1.82, 2.24) is 18.8 Å². The number of carbonyl (C=O) groups excluding carboxylic acids is 1. The molecule has 3 heterocycles. The average molecular weight is 314 g/mol. The molecule has 0 aliphatic carbocycles. The van der Waals surface area contributed by atoms with Crippen molar-refractivity contribution in [2.45, 2.75) is 18.9 Å². The molecule has 2 fully saturated rings. The molecule has 2 saturated heterocycles. The van der Waals surface area contributed by atoms with Crippen molar-refractivity contribution in [3.63, 3.8) is 0 Å². The highest BCUT2D eigenvalue weighted by Crippen LogP contribution is 2.18. The number of piperazine rings is 1. The van der Waals surface area contributed by atoms with Gasteiger partial charge < -0.3 is 4.90 Å². The van der Waals surface area contributed by atoms with Crippen LogP contribution in [0.2, 0.25) is 0 Å². The lowest BCUT2D eigenvalue weighted by Gasteiger charge is -2.36. The van der Waals surface area contributed by atoms with Crippen LogP contribution in [0.1, 0.15) is 12.8 Å². The fraction of sp³-hybridized carbons (Fsp3) is 0.769. The largest absolute Gasteiger partial charge is 0.338 e. The van der Waals surface area contributed by atoms with Crippen molar-refractivity contribution in [3.8, 4) is 0 Å². The molecule has 7 nitrogen and oxygen atoms in total. The lowest BCUT2D eigenvalue weighted by molar-refractivity contribution is -0.133. The van der Waals surface area contributed by atoms with Crippen molar-refractivity contribution in [3.05, 3.63) is 12.2 Å². The number of rotatable bonds is 3. The molecular formula is C13H22N4O3S. The van der Waals surface area contributed by atoms with E-state index in [4.69, 9.17) is 0 Å². The number of hydrogen-bond acceptors (Lipinski definition) is 4. The zero-order valence-corrected chi connectivity index (χ0v) is 12.9. The third-order valence-corrected chi connectivity index (χ3v) is 6.35. The molecule has 0 radical (unpaired) electrons. The molecule has 118 valence electrons. The highest BCUT2D eigenvalue weighted by Gasteiger charge is 2.35. The van der Waals surface area contributed by atoms with Crippen molar-refractivity contribution >= 4 is 16.1 Å². The molecule has 1 atom stereocenters. The van der Waals surface area contributed by atoms with E-state index < -0.39 is 10.2 Å². The van der Waals surface area contributed by atoms with Crippen LogP contribution in [0, 0.1) is 0 Å². The summed E-state index contributed by atoms with van der Waals surface area (Å²) < 4.78 is 28.0. The lowest BCUT2D eigenvalue weighted by Crippen LogP contribution is -2.56. The average Bonchev–Trinajstić information content (AvgIpc) is 3.19. The maximum Gasteiger partial charge on any atom is 0.282 e. The molecule has 21 heavy (non-hydrogen) atoms. The summed E-state index contributed by atoms with van der Waals surface area (Å²) in [5.41, 5.74) is 0. The summed E-state index contributed by atoms with van der Waals surface area (Å²) in [4.78, 5) is 14.0. The molecule has 0 unspecified atom stereocenters. The van der Waals surface area contributed by atoms with Crippen LogP contribution in [0.3, 0.4) is 0 Å². The molecule has 3 aliphatic heterocycles. The van der Waals surface area contributed by atoms with Crippen LogP contribution in [0.15, 0.2) is 12.2 Å². The fourth-order valence-corrected chi connectivity index (χ4v) is 4.73. The maximum atomic E-state index is 12.4. The van der Waals surface area contributed by atoms with Gasteiger partial charge in [-0.05, 0) is 12.8 Å². The second kappa shape index (κ2) is 6.04. The summed E-state index contributed by atoms with van der Waals surface area (Å²) >= 11 is 0. The van der Waals surface area contributed by atoms with Gasteiger partial charge in [0, 0.05) is 45.8 Å². The van der Waals surface area contributed by atoms with Crippen molar-refractivity contribution < 1.29 is 13.2 Å². The van der Waals surface area contributed by atoms with Crippen LogP contribution in [0.25, 0.3) is 0 Å². The van der Waals surface area contributed by atoms with Crippen LogP contribution < -0.4 is 5.32 Å². The Balaban J connectivity index is 1.57. The molecule has 0 bridgehead atoms. The Morgan fingerprint density at radius 3 is 2.19 bits per heavy atom. The van der Waals surface area contributed by atoms with Crippen molar-refractivity contribution in [2.24, 2.45) is 0 Å². The highest BCUT2D eigenvalue weighted by atomic mass is 32.2. The minimum atomic E-state index is -3.33. The molecule has 1 N–H and O–H groups in total. The normalized spacial score (nSPS) is 28.4. The van der Waals surface area contributed by atoms with Crippen LogP contribution in [-0.2, 0) is 15.0 Å². The summed E-state index contributed by atoms with van der Waals surface area (Å²) in [5, 5.41) is 3.10. The quantitative estimate of drug-likeness (QED) is 0.678. The Bertz CT molecular complexity index is 520. The predicted octanol–water partition coefficient (Wildman–Crippen LogP) is -1.00. The van der Waals surface area contributed by atoms with Gasteiger partial charge in [0.25, 0.3) is 10.2 Å². The molecule has 3 aliphatic rings. The number of nitrogens with zero attached hydrogens (tertiary/aromatic N) is 3. The first-order valence-corrected chi connectivity index (χ1v) is 8.93. The summed E-state index contributed by atoms with van der Waals surface area (Å²) in [6.45, 7) is 3.69. The number of amides is 1. The van der Waals surface area contributed by atoms with Gasteiger partial charge in [-0.3, -0.25) is 10.1 Å². The van der Waals surface area contributed by atoms with E-state index in [1.807, 2.05) is 12.2 Å². The molecule has 0 aromatic rings. The van der Waals surface area contributed by atoms with Gasteiger partial charge in [0.1, 0.15) is 6.04 Å². The smallest absolute Gasteiger partial charge is 0.282 e. The zero-order valence-electron chi connectivity index (χ0n) is 12.1. The van der Waals surface area contributed by atoms with Crippen LogP contribution in [-0.4, -0.2) is 79.7 Å². The fourth-order valence-electron chi connectivity index (χ4n) is 3.05. The van der Waals surface area contributed by atoms with Gasteiger partial charge in [-0.15, -0.1) is 0 Å². The third kappa shape index (κ3) is 2.98. The van der Waals surface area contributed by atoms with Crippen LogP contribution >= 0.6 is 0 Å². The van der Waals surface area contributed by atoms with Gasteiger partial charge in [0.05, 0.1) is 0 Å². The Kier molecular flexibility index (Phi) is 4.30. The summed E-state index contributed by atoms with van der Waals surface area (Å²) in [6.07, 6.45) is 5.70. The first-order valence-electron chi connectivity index (χ1n) is 7.53. The topological polar surface area (TPSA) is 73.0 Å². The Labute approximate surface area is 125 Å². The Morgan fingerprint density at radius 2 is 1.62 bits per heavy atom. The maximum absolute atomic E-state index is 12.4. The van der Waals surface area contributed by atoms with Gasteiger partial charge in [-0.2, -0.15) is 17.0 Å². The Morgan fingerprint density at radius 1 is 1.00 bits per heavy atom. The molecule has 0 saturated carbocycles. The monoisotopic (exact) mass is 314 g/mol. The second-order valence-corrected chi connectivity index (χ2v) is 7.58. The molecule has 0 spiro atoms. The summed E-state index contributed by atoms with van der Waals surface area (Å²) in [7, 11) is -3.33. The van der Waals surface area contributed by atoms with Gasteiger partial charge in [-0.1, -0.05) is 12.2 Å². The Hall–Kier alpha value is -0.960. The molecule has 8 heteroatoms.